The highest BCUT2D eigenvalue weighted by Crippen LogP contribution is 2.28. The van der Waals surface area contributed by atoms with E-state index in [9.17, 15) is 0 Å². The Hall–Kier alpha value is -0.820. The van der Waals surface area contributed by atoms with Crippen molar-refractivity contribution in [1.29, 1.82) is 0 Å². The summed E-state index contributed by atoms with van der Waals surface area (Å²) in [4.78, 5) is 0. The first kappa shape index (κ1) is 16.2. The van der Waals surface area contributed by atoms with Gasteiger partial charge in [-0.1, -0.05) is 59.2 Å². The first-order chi connectivity index (χ1) is 9.17. The Kier molecular flexibility index (Phi) is 7.15. The van der Waals surface area contributed by atoms with Crippen molar-refractivity contribution < 1.29 is 0 Å². The van der Waals surface area contributed by atoms with Crippen molar-refractivity contribution in [2.75, 3.05) is 6.54 Å². The third-order valence-electron chi connectivity index (χ3n) is 4.16. The normalized spacial score (nSPS) is 14.4. The number of hydrogen-bond acceptors (Lipinski definition) is 1. The Morgan fingerprint density at radius 2 is 1.79 bits per heavy atom. The summed E-state index contributed by atoms with van der Waals surface area (Å²) in [5, 5.41) is 3.76. The minimum atomic E-state index is 0.506. The minimum absolute atomic E-state index is 0.506. The van der Waals surface area contributed by atoms with E-state index < -0.39 is 0 Å². The summed E-state index contributed by atoms with van der Waals surface area (Å²) < 4.78 is 0. The lowest BCUT2D eigenvalue weighted by molar-refractivity contribution is 0.375. The van der Waals surface area contributed by atoms with Crippen molar-refractivity contribution in [3.8, 4) is 0 Å². The highest BCUT2D eigenvalue weighted by Gasteiger charge is 2.19. The molecule has 1 rings (SSSR count). The van der Waals surface area contributed by atoms with Crippen LogP contribution in [0.1, 0.15) is 70.2 Å². The molecular formula is C18H31N. The van der Waals surface area contributed by atoms with Gasteiger partial charge in [0.2, 0.25) is 0 Å². The molecule has 19 heavy (non-hydrogen) atoms. The zero-order valence-corrected chi connectivity index (χ0v) is 13.4. The van der Waals surface area contributed by atoms with Gasteiger partial charge in [0.1, 0.15) is 0 Å². The molecule has 0 aliphatic rings. The molecule has 1 aromatic rings. The second kappa shape index (κ2) is 8.37. The maximum Gasteiger partial charge on any atom is 0.0348 e. The van der Waals surface area contributed by atoms with E-state index in [0.717, 1.165) is 19.4 Å². The van der Waals surface area contributed by atoms with E-state index in [0.29, 0.717) is 12.0 Å². The van der Waals surface area contributed by atoms with Crippen molar-refractivity contribution in [3.05, 3.63) is 34.9 Å². The van der Waals surface area contributed by atoms with Gasteiger partial charge in [-0.05, 0) is 48.4 Å². The first-order valence-electron chi connectivity index (χ1n) is 8.02. The summed E-state index contributed by atoms with van der Waals surface area (Å²) in [5.74, 6) is 0.684. The van der Waals surface area contributed by atoms with Gasteiger partial charge < -0.3 is 5.32 Å². The van der Waals surface area contributed by atoms with Gasteiger partial charge >= 0.3 is 0 Å². The third-order valence-corrected chi connectivity index (χ3v) is 4.16. The second-order valence-corrected chi connectivity index (χ2v) is 5.56. The summed E-state index contributed by atoms with van der Waals surface area (Å²) in [6, 6.07) is 7.55. The average molecular weight is 261 g/mol. The summed E-state index contributed by atoms with van der Waals surface area (Å²) in [7, 11) is 0. The summed E-state index contributed by atoms with van der Waals surface area (Å²) in [6.45, 7) is 12.5. The van der Waals surface area contributed by atoms with E-state index >= 15 is 0 Å². The van der Waals surface area contributed by atoms with Gasteiger partial charge in [-0.3, -0.25) is 0 Å². The fourth-order valence-corrected chi connectivity index (χ4v) is 2.63. The Bertz CT molecular complexity index is 370. The van der Waals surface area contributed by atoms with Crippen LogP contribution in [0.2, 0.25) is 0 Å². The Balaban J connectivity index is 3.10. The van der Waals surface area contributed by atoms with E-state index in [1.165, 1.54) is 29.5 Å². The zero-order chi connectivity index (χ0) is 14.3. The van der Waals surface area contributed by atoms with Crippen LogP contribution in [-0.4, -0.2) is 6.54 Å². The summed E-state index contributed by atoms with van der Waals surface area (Å²) in [5.41, 5.74) is 4.49. The number of nitrogens with one attached hydrogen (secondary N) is 1. The molecule has 0 spiro atoms. The standard InChI is InChI=1S/C18H31N/c1-6-12-19-18(14(5)7-2)17-13-15(8-3)10-11-16(17)9-4/h10-11,13-14,18-19H,6-9,12H2,1-5H3. The Morgan fingerprint density at radius 1 is 1.05 bits per heavy atom. The summed E-state index contributed by atoms with van der Waals surface area (Å²) >= 11 is 0. The van der Waals surface area contributed by atoms with Crippen LogP contribution in [0.4, 0.5) is 0 Å². The maximum atomic E-state index is 3.76. The van der Waals surface area contributed by atoms with Gasteiger partial charge in [0.05, 0.1) is 0 Å². The highest BCUT2D eigenvalue weighted by molar-refractivity contribution is 5.35. The molecule has 2 atom stereocenters. The second-order valence-electron chi connectivity index (χ2n) is 5.56. The van der Waals surface area contributed by atoms with Gasteiger partial charge in [0.15, 0.2) is 0 Å². The SMILES string of the molecule is CCCNC(c1cc(CC)ccc1CC)C(C)CC. The minimum Gasteiger partial charge on any atom is -0.310 e. The topological polar surface area (TPSA) is 12.0 Å². The Labute approximate surface area is 119 Å². The van der Waals surface area contributed by atoms with Crippen LogP contribution >= 0.6 is 0 Å². The van der Waals surface area contributed by atoms with Gasteiger partial charge in [-0.25, -0.2) is 0 Å². The van der Waals surface area contributed by atoms with Crippen molar-refractivity contribution in [1.82, 2.24) is 5.32 Å². The molecular weight excluding hydrogens is 230 g/mol. The lowest BCUT2D eigenvalue weighted by Crippen LogP contribution is -2.28. The molecule has 1 nitrogen and oxygen atoms in total. The smallest absolute Gasteiger partial charge is 0.0348 e. The Morgan fingerprint density at radius 3 is 2.32 bits per heavy atom. The molecule has 0 saturated carbocycles. The number of hydrogen-bond donors (Lipinski definition) is 1. The van der Waals surface area contributed by atoms with Crippen LogP contribution in [0, 0.1) is 5.92 Å². The largest absolute Gasteiger partial charge is 0.310 e. The van der Waals surface area contributed by atoms with Crippen LogP contribution in [0.5, 0.6) is 0 Å². The van der Waals surface area contributed by atoms with Crippen molar-refractivity contribution in [2.24, 2.45) is 5.92 Å². The number of rotatable bonds is 8. The molecule has 0 saturated heterocycles. The predicted octanol–water partition coefficient (Wildman–Crippen LogP) is 4.90. The van der Waals surface area contributed by atoms with Crippen LogP contribution in [0.25, 0.3) is 0 Å². The van der Waals surface area contributed by atoms with E-state index in [2.05, 4.69) is 58.1 Å². The predicted molar refractivity (Wildman–Crippen MR) is 85.7 cm³/mol. The molecule has 0 aromatic heterocycles. The molecule has 0 fully saturated rings. The van der Waals surface area contributed by atoms with E-state index in [1.54, 1.807) is 0 Å². The molecule has 108 valence electrons. The van der Waals surface area contributed by atoms with Crippen molar-refractivity contribution in [2.45, 2.75) is 66.3 Å². The van der Waals surface area contributed by atoms with Crippen LogP contribution in [-0.2, 0) is 12.8 Å². The molecule has 0 radical (unpaired) electrons. The monoisotopic (exact) mass is 261 g/mol. The fraction of sp³-hybridized carbons (Fsp3) is 0.667. The van der Waals surface area contributed by atoms with Gasteiger partial charge in [0, 0.05) is 6.04 Å². The van der Waals surface area contributed by atoms with Crippen LogP contribution < -0.4 is 5.32 Å². The molecule has 1 aromatic carbocycles. The molecule has 0 aliphatic heterocycles. The van der Waals surface area contributed by atoms with E-state index in [-0.39, 0.29) is 0 Å². The van der Waals surface area contributed by atoms with Gasteiger partial charge in [0.25, 0.3) is 0 Å². The average Bonchev–Trinajstić information content (AvgIpc) is 2.46. The van der Waals surface area contributed by atoms with E-state index in [1.807, 2.05) is 0 Å². The molecule has 2 unspecified atom stereocenters. The molecule has 1 heteroatoms. The van der Waals surface area contributed by atoms with Crippen LogP contribution in [0.15, 0.2) is 18.2 Å². The number of benzene rings is 1. The fourth-order valence-electron chi connectivity index (χ4n) is 2.63. The number of aryl methyl sites for hydroxylation is 2. The zero-order valence-electron chi connectivity index (χ0n) is 13.4. The highest BCUT2D eigenvalue weighted by atomic mass is 14.9. The third kappa shape index (κ3) is 4.35. The van der Waals surface area contributed by atoms with E-state index in [4.69, 9.17) is 0 Å². The first-order valence-corrected chi connectivity index (χ1v) is 8.02. The van der Waals surface area contributed by atoms with Crippen LogP contribution in [0.3, 0.4) is 0 Å². The maximum absolute atomic E-state index is 3.76. The van der Waals surface area contributed by atoms with Gasteiger partial charge in [-0.2, -0.15) is 0 Å². The summed E-state index contributed by atoms with van der Waals surface area (Å²) in [6.07, 6.45) is 4.67. The van der Waals surface area contributed by atoms with Crippen molar-refractivity contribution >= 4 is 0 Å². The van der Waals surface area contributed by atoms with Gasteiger partial charge in [-0.15, -0.1) is 0 Å². The molecule has 1 N–H and O–H groups in total. The quantitative estimate of drug-likeness (QED) is 0.702. The van der Waals surface area contributed by atoms with Crippen molar-refractivity contribution in [3.63, 3.8) is 0 Å². The molecule has 0 bridgehead atoms. The lowest BCUT2D eigenvalue weighted by Gasteiger charge is -2.27. The molecule has 0 heterocycles. The molecule has 0 amide bonds. The molecule has 0 aliphatic carbocycles. The lowest BCUT2D eigenvalue weighted by atomic mass is 9.87.